The van der Waals surface area contributed by atoms with E-state index in [1.54, 1.807) is 14.2 Å². The first kappa shape index (κ1) is 23.7. The number of carboxylic acids is 1. The molecule has 19 heavy (non-hydrogen) atoms. The quantitative estimate of drug-likeness (QED) is 0.468. The van der Waals surface area contributed by atoms with Gasteiger partial charge < -0.3 is 29.2 Å². The van der Waals surface area contributed by atoms with Gasteiger partial charge in [-0.05, 0) is 6.42 Å². The summed E-state index contributed by atoms with van der Waals surface area (Å²) >= 11 is 3.42. The van der Waals surface area contributed by atoms with Crippen molar-refractivity contribution in [2.45, 2.75) is 25.9 Å². The standard InChI is InChI=1S/C5H12O2.C4H10O3.C2H4O2S/c1-4-5(6-2)7-3;1-6-4(3-5)7-2;3-2(4)1-5/h5H,4H2,1-3H3;4-5H,3H2,1-2H3;5H,1H2,(H,3,4). The molecular weight excluding hydrogens is 276 g/mol. The molecule has 0 rings (SSSR count). The summed E-state index contributed by atoms with van der Waals surface area (Å²) in [6.07, 6.45) is 0.437. The number of aliphatic carboxylic acids is 1. The lowest BCUT2D eigenvalue weighted by atomic mass is 10.5. The number of carbonyl (C=O) groups is 1. The van der Waals surface area contributed by atoms with Crippen LogP contribution in [0.25, 0.3) is 0 Å². The van der Waals surface area contributed by atoms with Gasteiger partial charge in [0.05, 0.1) is 12.4 Å². The molecule has 0 fully saturated rings. The van der Waals surface area contributed by atoms with Crippen molar-refractivity contribution in [1.82, 2.24) is 0 Å². The molecule has 0 amide bonds. The fourth-order valence-corrected chi connectivity index (χ4v) is 0.675. The van der Waals surface area contributed by atoms with Crippen molar-refractivity contribution >= 4 is 18.6 Å². The summed E-state index contributed by atoms with van der Waals surface area (Å²) in [5, 5.41) is 15.9. The Morgan fingerprint density at radius 3 is 1.37 bits per heavy atom. The Balaban J connectivity index is -0.000000206. The molecular formula is C11H26O7S. The predicted molar refractivity (Wildman–Crippen MR) is 74.5 cm³/mol. The van der Waals surface area contributed by atoms with Gasteiger partial charge in [0.15, 0.2) is 12.6 Å². The molecule has 0 aromatic carbocycles. The summed E-state index contributed by atoms with van der Waals surface area (Å²) in [6, 6.07) is 0. The average Bonchev–Trinajstić information content (AvgIpc) is 2.44. The number of rotatable bonds is 7. The van der Waals surface area contributed by atoms with Crippen LogP contribution in [0, 0.1) is 0 Å². The maximum absolute atomic E-state index is 9.29. The molecule has 0 unspecified atom stereocenters. The average molecular weight is 302 g/mol. The van der Waals surface area contributed by atoms with E-state index < -0.39 is 12.3 Å². The van der Waals surface area contributed by atoms with Crippen molar-refractivity contribution < 1.29 is 34.0 Å². The molecule has 7 nitrogen and oxygen atoms in total. The topological polar surface area (TPSA) is 94.5 Å². The van der Waals surface area contributed by atoms with E-state index in [1.165, 1.54) is 14.2 Å². The third kappa shape index (κ3) is 23.2. The molecule has 0 saturated heterocycles. The minimum absolute atomic E-state index is 0.0139. The number of carboxylic acid groups (broad SMARTS) is 1. The molecule has 0 aromatic rings. The van der Waals surface area contributed by atoms with E-state index in [2.05, 4.69) is 22.1 Å². The van der Waals surface area contributed by atoms with E-state index in [4.69, 9.17) is 19.7 Å². The van der Waals surface area contributed by atoms with Gasteiger partial charge in [-0.1, -0.05) is 6.92 Å². The van der Waals surface area contributed by atoms with Crippen LogP contribution in [-0.2, 0) is 23.7 Å². The van der Waals surface area contributed by atoms with Gasteiger partial charge in [0, 0.05) is 28.4 Å². The van der Waals surface area contributed by atoms with Crippen LogP contribution in [0.2, 0.25) is 0 Å². The van der Waals surface area contributed by atoms with Crippen molar-refractivity contribution in [3.63, 3.8) is 0 Å². The molecule has 0 aromatic heterocycles. The highest BCUT2D eigenvalue weighted by Gasteiger charge is 1.98. The highest BCUT2D eigenvalue weighted by atomic mass is 32.1. The first-order valence-electron chi connectivity index (χ1n) is 5.51. The third-order valence-corrected chi connectivity index (χ3v) is 1.94. The Morgan fingerprint density at radius 2 is 1.37 bits per heavy atom. The normalized spacial score (nSPS) is 9.53. The highest BCUT2D eigenvalue weighted by molar-refractivity contribution is 7.81. The highest BCUT2D eigenvalue weighted by Crippen LogP contribution is 1.93. The van der Waals surface area contributed by atoms with Crippen molar-refractivity contribution in [3.05, 3.63) is 0 Å². The third-order valence-electron chi connectivity index (χ3n) is 1.67. The SMILES string of the molecule is CCC(OC)OC.COC(CO)OC.O=C(O)CS. The second-order valence-electron chi connectivity index (χ2n) is 2.94. The van der Waals surface area contributed by atoms with E-state index in [0.717, 1.165) is 6.42 Å². The van der Waals surface area contributed by atoms with Crippen LogP contribution in [0.1, 0.15) is 13.3 Å². The van der Waals surface area contributed by atoms with Crippen LogP contribution in [0.4, 0.5) is 0 Å². The van der Waals surface area contributed by atoms with Crippen molar-refractivity contribution in [2.24, 2.45) is 0 Å². The lowest BCUT2D eigenvalue weighted by molar-refractivity contribution is -0.133. The molecule has 0 saturated carbocycles. The fourth-order valence-electron chi connectivity index (χ4n) is 0.675. The number of hydrogen-bond donors (Lipinski definition) is 3. The molecule has 118 valence electrons. The summed E-state index contributed by atoms with van der Waals surface area (Å²) in [7, 11) is 6.23. The molecule has 0 spiro atoms. The monoisotopic (exact) mass is 302 g/mol. The van der Waals surface area contributed by atoms with Gasteiger partial charge in [0.1, 0.15) is 0 Å². The number of hydrogen-bond acceptors (Lipinski definition) is 7. The van der Waals surface area contributed by atoms with Crippen LogP contribution in [-0.4, -0.2) is 69.6 Å². The van der Waals surface area contributed by atoms with Gasteiger partial charge in [-0.15, -0.1) is 0 Å². The van der Waals surface area contributed by atoms with Crippen molar-refractivity contribution in [3.8, 4) is 0 Å². The first-order valence-corrected chi connectivity index (χ1v) is 6.15. The Kier molecular flexibility index (Phi) is 24.9. The van der Waals surface area contributed by atoms with Gasteiger partial charge in [-0.3, -0.25) is 4.79 Å². The van der Waals surface area contributed by atoms with E-state index >= 15 is 0 Å². The minimum Gasteiger partial charge on any atom is -0.481 e. The summed E-state index contributed by atoms with van der Waals surface area (Å²) in [5.41, 5.74) is 0. The Hall–Kier alpha value is -0.380. The first-order chi connectivity index (χ1) is 8.96. The largest absolute Gasteiger partial charge is 0.481 e. The lowest BCUT2D eigenvalue weighted by Crippen LogP contribution is -2.16. The number of methoxy groups -OCH3 is 4. The second kappa shape index (κ2) is 19.9. The molecule has 0 atom stereocenters. The van der Waals surface area contributed by atoms with Crippen LogP contribution < -0.4 is 0 Å². The van der Waals surface area contributed by atoms with Crippen LogP contribution in [0.5, 0.6) is 0 Å². The van der Waals surface area contributed by atoms with Gasteiger partial charge in [0.25, 0.3) is 0 Å². The van der Waals surface area contributed by atoms with E-state index in [1.807, 2.05) is 6.92 Å². The maximum Gasteiger partial charge on any atom is 0.313 e. The molecule has 8 heteroatoms. The number of thiol groups is 1. The predicted octanol–water partition coefficient (Wildman–Crippen LogP) is 0.614. The molecule has 0 bridgehead atoms. The molecule has 0 aliphatic carbocycles. The van der Waals surface area contributed by atoms with Gasteiger partial charge in [-0.25, -0.2) is 0 Å². The zero-order valence-corrected chi connectivity index (χ0v) is 13.1. The molecule has 2 N–H and O–H groups in total. The minimum atomic E-state index is -0.881. The van der Waals surface area contributed by atoms with E-state index in [9.17, 15) is 4.79 Å². The van der Waals surface area contributed by atoms with E-state index in [-0.39, 0.29) is 18.6 Å². The number of ether oxygens (including phenoxy) is 4. The van der Waals surface area contributed by atoms with Crippen molar-refractivity contribution in [1.29, 1.82) is 0 Å². The Morgan fingerprint density at radius 1 is 1.05 bits per heavy atom. The molecule has 0 radical (unpaired) electrons. The van der Waals surface area contributed by atoms with Crippen LogP contribution in [0.3, 0.4) is 0 Å². The zero-order chi connectivity index (χ0) is 15.7. The number of aliphatic hydroxyl groups excluding tert-OH is 1. The summed E-state index contributed by atoms with van der Waals surface area (Å²) < 4.78 is 18.8. The van der Waals surface area contributed by atoms with Gasteiger partial charge >= 0.3 is 5.97 Å². The summed E-state index contributed by atoms with van der Waals surface area (Å²) in [5.74, 6) is -0.965. The smallest absolute Gasteiger partial charge is 0.313 e. The van der Waals surface area contributed by atoms with E-state index in [0.29, 0.717) is 0 Å². The van der Waals surface area contributed by atoms with Crippen LogP contribution in [0.15, 0.2) is 0 Å². The summed E-state index contributed by atoms with van der Waals surface area (Å²) in [4.78, 5) is 9.29. The Labute approximate surface area is 120 Å². The fraction of sp³-hybridized carbons (Fsp3) is 0.909. The number of aliphatic hydroxyl groups is 1. The maximum atomic E-state index is 9.29. The lowest BCUT2D eigenvalue weighted by Gasteiger charge is -2.08. The molecule has 0 aliphatic rings. The molecule has 0 heterocycles. The van der Waals surface area contributed by atoms with Crippen molar-refractivity contribution in [2.75, 3.05) is 40.8 Å². The van der Waals surface area contributed by atoms with Gasteiger partial charge in [-0.2, -0.15) is 12.6 Å². The summed E-state index contributed by atoms with van der Waals surface area (Å²) in [6.45, 7) is 1.92. The zero-order valence-electron chi connectivity index (χ0n) is 12.2. The molecule has 0 aliphatic heterocycles. The second-order valence-corrected chi connectivity index (χ2v) is 3.26. The Bertz CT molecular complexity index is 149. The van der Waals surface area contributed by atoms with Crippen LogP contribution >= 0.6 is 12.6 Å². The van der Waals surface area contributed by atoms with Gasteiger partial charge in [0.2, 0.25) is 0 Å².